The number of hydrogen-bond acceptors (Lipinski definition) is 11. The zero-order valence-electron chi connectivity index (χ0n) is 30.0. The van der Waals surface area contributed by atoms with Gasteiger partial charge in [-0.25, -0.2) is 8.78 Å². The fourth-order valence-corrected chi connectivity index (χ4v) is 3.86. The summed E-state index contributed by atoms with van der Waals surface area (Å²) < 4.78 is 160. The van der Waals surface area contributed by atoms with E-state index in [1.165, 1.54) is 0 Å². The Kier molecular flexibility index (Phi) is 25.8. The van der Waals surface area contributed by atoms with Gasteiger partial charge in [0.15, 0.2) is 0 Å². The minimum atomic E-state index is -5.83. The molecule has 0 N–H and O–H groups in total. The molecule has 0 aliphatic carbocycles. The first-order chi connectivity index (χ1) is 23.9. The second-order valence-electron chi connectivity index (χ2n) is 11.2. The van der Waals surface area contributed by atoms with Crippen LogP contribution in [0, 0.1) is 5.92 Å². The van der Waals surface area contributed by atoms with Crippen molar-refractivity contribution in [2.24, 2.45) is 5.92 Å². The van der Waals surface area contributed by atoms with Crippen LogP contribution in [0.1, 0.15) is 41.0 Å². The van der Waals surface area contributed by atoms with E-state index >= 15 is 0 Å². The molecular weight excluding hydrogens is 712 g/mol. The molecule has 3 unspecified atom stereocenters. The molecule has 0 aromatic rings. The van der Waals surface area contributed by atoms with E-state index in [1.807, 2.05) is 13.8 Å². The van der Waals surface area contributed by atoms with E-state index in [-0.39, 0.29) is 65.4 Å². The highest BCUT2D eigenvalue weighted by Crippen LogP contribution is 2.51. The van der Waals surface area contributed by atoms with Gasteiger partial charge in [0.05, 0.1) is 123 Å². The van der Waals surface area contributed by atoms with E-state index in [0.717, 1.165) is 6.42 Å². The molecule has 3 atom stereocenters. The van der Waals surface area contributed by atoms with Crippen LogP contribution < -0.4 is 0 Å². The van der Waals surface area contributed by atoms with Crippen LogP contribution in [0.5, 0.6) is 0 Å². The number of alkyl halides is 8. The highest BCUT2D eigenvalue weighted by Gasteiger charge is 2.67. The molecule has 0 spiro atoms. The molecule has 0 aromatic heterocycles. The lowest BCUT2D eigenvalue weighted by molar-refractivity contribution is -0.245. The van der Waals surface area contributed by atoms with Gasteiger partial charge in [-0.05, 0) is 27.2 Å². The molecule has 0 aliphatic rings. The zero-order chi connectivity index (χ0) is 38.8. The number of halogens is 8. The van der Waals surface area contributed by atoms with E-state index < -0.39 is 41.6 Å². The number of ether oxygens (including phenoxy) is 10. The molecule has 0 saturated heterocycles. The Morgan fingerprint density at radius 2 is 0.706 bits per heavy atom. The van der Waals surface area contributed by atoms with Crippen molar-refractivity contribution in [3.63, 3.8) is 0 Å². The van der Waals surface area contributed by atoms with Crippen LogP contribution in [0.4, 0.5) is 35.1 Å². The molecule has 0 aromatic carbocycles. The average molecular weight is 767 g/mol. The van der Waals surface area contributed by atoms with Crippen molar-refractivity contribution >= 4 is 5.97 Å². The lowest BCUT2D eigenvalue weighted by atomic mass is 9.83. The van der Waals surface area contributed by atoms with Crippen LogP contribution in [-0.2, 0) is 52.2 Å². The van der Waals surface area contributed by atoms with Gasteiger partial charge in [-0.15, -0.1) is 0 Å². The first kappa shape index (κ1) is 49.1. The van der Waals surface area contributed by atoms with Crippen LogP contribution in [0.2, 0.25) is 0 Å². The van der Waals surface area contributed by atoms with Gasteiger partial charge in [0.25, 0.3) is 0 Å². The van der Waals surface area contributed by atoms with Gasteiger partial charge in [-0.2, -0.15) is 26.3 Å². The van der Waals surface area contributed by atoms with Crippen LogP contribution >= 0.6 is 0 Å². The predicted octanol–water partition coefficient (Wildman–Crippen LogP) is 5.58. The van der Waals surface area contributed by atoms with Crippen LogP contribution in [-0.4, -0.2) is 149 Å². The van der Waals surface area contributed by atoms with Crippen molar-refractivity contribution in [2.75, 3.05) is 119 Å². The van der Waals surface area contributed by atoms with E-state index in [0.29, 0.717) is 79.6 Å². The number of hydrogen-bond donors (Lipinski definition) is 0. The third-order valence-corrected chi connectivity index (χ3v) is 6.99. The van der Waals surface area contributed by atoms with Gasteiger partial charge in [0.1, 0.15) is 13.2 Å². The fraction of sp³-hybridized carbons (Fsp3) is 0.906. The second-order valence-corrected chi connectivity index (χ2v) is 11.2. The number of allylic oxidation sites excluding steroid dienone is 2. The Balaban J connectivity index is 3.68. The maximum absolute atomic E-state index is 14.5. The van der Waals surface area contributed by atoms with E-state index in [9.17, 15) is 39.9 Å². The van der Waals surface area contributed by atoms with E-state index in [2.05, 4.69) is 0 Å². The van der Waals surface area contributed by atoms with Crippen LogP contribution in [0.25, 0.3) is 0 Å². The van der Waals surface area contributed by atoms with Crippen molar-refractivity contribution in [1.82, 2.24) is 0 Å². The first-order valence-corrected chi connectivity index (χ1v) is 16.6. The fourth-order valence-electron chi connectivity index (χ4n) is 3.86. The summed E-state index contributed by atoms with van der Waals surface area (Å²) in [7, 11) is 0. The number of esters is 1. The van der Waals surface area contributed by atoms with Crippen LogP contribution in [0.15, 0.2) is 11.3 Å². The smallest absolute Gasteiger partial charge is 0.426 e. The van der Waals surface area contributed by atoms with E-state index in [1.54, 1.807) is 0 Å². The average Bonchev–Trinajstić information content (AvgIpc) is 3.04. The van der Waals surface area contributed by atoms with Crippen molar-refractivity contribution in [2.45, 2.75) is 64.7 Å². The highest BCUT2D eigenvalue weighted by atomic mass is 19.4. The van der Waals surface area contributed by atoms with Gasteiger partial charge in [0, 0.05) is 0 Å². The van der Waals surface area contributed by atoms with Crippen molar-refractivity contribution in [1.29, 1.82) is 0 Å². The quantitative estimate of drug-likeness (QED) is 0.0371. The third-order valence-electron chi connectivity index (χ3n) is 6.99. The molecule has 0 bridgehead atoms. The largest absolute Gasteiger partial charge is 0.496 e. The SMILES string of the molecule is CCC(C)C(=O)OCCOCCOCCOCCOCCOCCOCCOCCOCCOC(C)=C(C(C)(F)C(F)(F)F)C(C)(F)C(F)(F)F. The normalized spacial score (nSPS) is 15.2. The Labute approximate surface area is 294 Å². The Bertz CT molecular complexity index is 904. The number of carbonyl (C=O) groups is 1. The number of rotatable bonds is 32. The molecule has 19 heteroatoms. The maximum atomic E-state index is 14.5. The summed E-state index contributed by atoms with van der Waals surface area (Å²) in [6.07, 6.45) is -10.9. The summed E-state index contributed by atoms with van der Waals surface area (Å²) in [6, 6.07) is 0. The molecule has 0 amide bonds. The van der Waals surface area contributed by atoms with Gasteiger partial charge < -0.3 is 47.4 Å². The Morgan fingerprint density at radius 1 is 0.471 bits per heavy atom. The Morgan fingerprint density at radius 3 is 0.941 bits per heavy atom. The lowest BCUT2D eigenvalue weighted by Crippen LogP contribution is -2.52. The molecule has 304 valence electrons. The minimum absolute atomic E-state index is 0.00400. The van der Waals surface area contributed by atoms with Gasteiger partial charge in [-0.1, -0.05) is 13.8 Å². The van der Waals surface area contributed by atoms with Gasteiger partial charge >= 0.3 is 18.3 Å². The third kappa shape index (κ3) is 21.4. The molecule has 0 heterocycles. The summed E-state index contributed by atoms with van der Waals surface area (Å²) in [5.74, 6) is -1.53. The topological polar surface area (TPSA) is 109 Å². The summed E-state index contributed by atoms with van der Waals surface area (Å²) in [6.45, 7) is 8.00. The molecule has 0 aliphatic heterocycles. The highest BCUT2D eigenvalue weighted by molar-refractivity contribution is 5.71. The lowest BCUT2D eigenvalue weighted by Gasteiger charge is -2.36. The summed E-state index contributed by atoms with van der Waals surface area (Å²) in [4.78, 5) is 11.5. The first-order valence-electron chi connectivity index (χ1n) is 16.6. The predicted molar refractivity (Wildman–Crippen MR) is 167 cm³/mol. The molecule has 0 fully saturated rings. The maximum Gasteiger partial charge on any atom is 0.426 e. The van der Waals surface area contributed by atoms with Gasteiger partial charge in [-0.3, -0.25) is 4.79 Å². The molecular formula is C32H54F8O11. The van der Waals surface area contributed by atoms with Crippen molar-refractivity contribution in [3.8, 4) is 0 Å². The molecule has 11 nitrogen and oxygen atoms in total. The summed E-state index contributed by atoms with van der Waals surface area (Å²) in [5.41, 5.74) is -11.5. The molecule has 51 heavy (non-hydrogen) atoms. The molecule has 0 saturated carbocycles. The molecule has 0 rings (SSSR count). The van der Waals surface area contributed by atoms with Gasteiger partial charge in [0.2, 0.25) is 11.3 Å². The monoisotopic (exact) mass is 766 g/mol. The standard InChI is InChI=1S/C32H54F8O11/c1-6-25(2)28(41)51-24-22-49-20-18-47-16-14-45-12-10-43-8-7-42-9-11-44-13-15-46-17-19-48-21-23-50-26(3)27(29(4,33)31(35,36)37)30(5,34)32(38,39)40/h25H,6-24H2,1-5H3. The van der Waals surface area contributed by atoms with Crippen molar-refractivity contribution in [3.05, 3.63) is 11.3 Å². The van der Waals surface area contributed by atoms with Crippen LogP contribution in [0.3, 0.4) is 0 Å². The summed E-state index contributed by atoms with van der Waals surface area (Å²) >= 11 is 0. The summed E-state index contributed by atoms with van der Waals surface area (Å²) in [5, 5.41) is 0. The zero-order valence-corrected chi connectivity index (χ0v) is 30.0. The minimum Gasteiger partial charge on any atom is -0.496 e. The Hall–Kier alpha value is -1.87. The number of carbonyl (C=O) groups excluding carboxylic acids is 1. The second kappa shape index (κ2) is 26.8. The van der Waals surface area contributed by atoms with E-state index in [4.69, 9.17) is 47.4 Å². The van der Waals surface area contributed by atoms with Crippen molar-refractivity contribution < 1.29 is 87.3 Å². The molecule has 0 radical (unpaired) electrons.